The minimum absolute atomic E-state index is 0.274. The van der Waals surface area contributed by atoms with Crippen LogP contribution in [0.25, 0.3) is 0 Å². The Bertz CT molecular complexity index is 578. The van der Waals surface area contributed by atoms with Crippen LogP contribution in [0.2, 0.25) is 0 Å². The highest BCUT2D eigenvalue weighted by Crippen LogP contribution is 2.22. The predicted octanol–water partition coefficient (Wildman–Crippen LogP) is 2.58. The first-order valence-corrected chi connectivity index (χ1v) is 6.35. The smallest absolute Gasteiger partial charge is 0.412 e. The maximum atomic E-state index is 11.7. The third-order valence-electron chi connectivity index (χ3n) is 3.18. The lowest BCUT2D eigenvalue weighted by Crippen LogP contribution is -2.14. The monoisotopic (exact) mass is 257 g/mol. The molecule has 2 aromatic rings. The van der Waals surface area contributed by atoms with Crippen LogP contribution >= 0.6 is 0 Å². The van der Waals surface area contributed by atoms with Gasteiger partial charge in [-0.15, -0.1) is 0 Å². The summed E-state index contributed by atoms with van der Waals surface area (Å²) in [6.45, 7) is 1.20. The molecule has 0 unspecified atom stereocenters. The molecule has 1 aromatic heterocycles. The highest BCUT2D eigenvalue weighted by molar-refractivity contribution is 5.85. The summed E-state index contributed by atoms with van der Waals surface area (Å²) in [6.07, 6.45) is 3.27. The standard InChI is InChI=1S/C14H15N3O2/c18-14(19-10-11-5-2-1-3-6-11)16-12-9-15-17-8-4-7-13(12)17/h1-3,5-6,9H,4,7-8,10H2,(H,16,18). The summed E-state index contributed by atoms with van der Waals surface area (Å²) in [4.78, 5) is 11.7. The Hall–Kier alpha value is -2.30. The zero-order valence-corrected chi connectivity index (χ0v) is 10.5. The lowest BCUT2D eigenvalue weighted by Gasteiger charge is -2.06. The number of rotatable bonds is 3. The van der Waals surface area contributed by atoms with Crippen LogP contribution in [0.5, 0.6) is 0 Å². The molecular weight excluding hydrogens is 242 g/mol. The van der Waals surface area contributed by atoms with Crippen LogP contribution in [0, 0.1) is 0 Å². The molecule has 0 atom stereocenters. The van der Waals surface area contributed by atoms with Gasteiger partial charge in [0.25, 0.3) is 0 Å². The van der Waals surface area contributed by atoms with Gasteiger partial charge < -0.3 is 4.74 Å². The quantitative estimate of drug-likeness (QED) is 0.919. The van der Waals surface area contributed by atoms with Gasteiger partial charge in [0.2, 0.25) is 0 Å². The molecule has 1 aromatic carbocycles. The van der Waals surface area contributed by atoms with Crippen LogP contribution < -0.4 is 5.32 Å². The Kier molecular flexibility index (Phi) is 3.18. The van der Waals surface area contributed by atoms with Gasteiger partial charge in [0.15, 0.2) is 0 Å². The average molecular weight is 257 g/mol. The number of anilines is 1. The third kappa shape index (κ3) is 2.59. The van der Waals surface area contributed by atoms with Gasteiger partial charge in [-0.25, -0.2) is 4.79 Å². The molecule has 98 valence electrons. The van der Waals surface area contributed by atoms with E-state index in [9.17, 15) is 4.79 Å². The minimum atomic E-state index is -0.438. The molecular formula is C14H15N3O2. The van der Waals surface area contributed by atoms with Crippen LogP contribution in [0.3, 0.4) is 0 Å². The Morgan fingerprint density at radius 2 is 2.21 bits per heavy atom. The highest BCUT2D eigenvalue weighted by atomic mass is 16.5. The molecule has 0 spiro atoms. The van der Waals surface area contributed by atoms with Crippen molar-refractivity contribution in [3.05, 3.63) is 47.8 Å². The van der Waals surface area contributed by atoms with Crippen LogP contribution in [-0.2, 0) is 24.3 Å². The molecule has 0 aliphatic carbocycles. The van der Waals surface area contributed by atoms with Crippen LogP contribution in [0.15, 0.2) is 36.5 Å². The fourth-order valence-electron chi connectivity index (χ4n) is 2.24. The summed E-state index contributed by atoms with van der Waals surface area (Å²) < 4.78 is 7.10. The van der Waals surface area contributed by atoms with E-state index in [1.54, 1.807) is 6.20 Å². The maximum Gasteiger partial charge on any atom is 0.412 e. The number of carbonyl (C=O) groups is 1. The highest BCUT2D eigenvalue weighted by Gasteiger charge is 2.17. The number of aromatic nitrogens is 2. The van der Waals surface area contributed by atoms with Crippen molar-refractivity contribution in [2.45, 2.75) is 26.0 Å². The molecule has 1 amide bonds. The van der Waals surface area contributed by atoms with E-state index in [4.69, 9.17) is 4.74 Å². The molecule has 0 saturated carbocycles. The summed E-state index contributed by atoms with van der Waals surface area (Å²) in [6, 6.07) is 9.61. The van der Waals surface area contributed by atoms with E-state index in [0.717, 1.165) is 36.3 Å². The van der Waals surface area contributed by atoms with Crippen molar-refractivity contribution in [1.82, 2.24) is 9.78 Å². The van der Waals surface area contributed by atoms with Gasteiger partial charge in [-0.2, -0.15) is 5.10 Å². The fraction of sp³-hybridized carbons (Fsp3) is 0.286. The van der Waals surface area contributed by atoms with Gasteiger partial charge in [-0.1, -0.05) is 30.3 Å². The van der Waals surface area contributed by atoms with Crippen molar-refractivity contribution in [1.29, 1.82) is 0 Å². The molecule has 3 rings (SSSR count). The number of aryl methyl sites for hydroxylation is 1. The number of nitrogens with one attached hydrogen (secondary N) is 1. The molecule has 1 aliphatic heterocycles. The molecule has 0 bridgehead atoms. The first kappa shape index (κ1) is 11.8. The largest absolute Gasteiger partial charge is 0.444 e. The number of amides is 1. The molecule has 19 heavy (non-hydrogen) atoms. The van der Waals surface area contributed by atoms with Crippen molar-refractivity contribution >= 4 is 11.8 Å². The maximum absolute atomic E-state index is 11.7. The lowest BCUT2D eigenvalue weighted by atomic mass is 10.2. The van der Waals surface area contributed by atoms with E-state index >= 15 is 0 Å². The van der Waals surface area contributed by atoms with Crippen molar-refractivity contribution in [2.75, 3.05) is 5.32 Å². The topological polar surface area (TPSA) is 56.2 Å². The summed E-state index contributed by atoms with van der Waals surface area (Å²) in [7, 11) is 0. The summed E-state index contributed by atoms with van der Waals surface area (Å²) in [5.74, 6) is 0. The summed E-state index contributed by atoms with van der Waals surface area (Å²) in [5, 5.41) is 6.96. The minimum Gasteiger partial charge on any atom is -0.444 e. The van der Waals surface area contributed by atoms with Crippen molar-refractivity contribution < 1.29 is 9.53 Å². The first-order valence-electron chi connectivity index (χ1n) is 6.35. The number of fused-ring (bicyclic) bond motifs is 1. The van der Waals surface area contributed by atoms with Gasteiger partial charge in [-0.05, 0) is 18.4 Å². The molecule has 1 aliphatic rings. The van der Waals surface area contributed by atoms with Crippen LogP contribution in [0.1, 0.15) is 17.7 Å². The second-order valence-corrected chi connectivity index (χ2v) is 4.52. The lowest BCUT2D eigenvalue weighted by molar-refractivity contribution is 0.155. The number of ether oxygens (including phenoxy) is 1. The summed E-state index contributed by atoms with van der Waals surface area (Å²) in [5.41, 5.74) is 2.81. The number of carbonyl (C=O) groups excluding carboxylic acids is 1. The van der Waals surface area contributed by atoms with E-state index in [-0.39, 0.29) is 6.61 Å². The molecule has 0 saturated heterocycles. The Balaban J connectivity index is 1.57. The Labute approximate surface area is 111 Å². The van der Waals surface area contributed by atoms with E-state index < -0.39 is 6.09 Å². The van der Waals surface area contributed by atoms with Crippen LogP contribution in [-0.4, -0.2) is 15.9 Å². The molecule has 1 N–H and O–H groups in total. The molecule has 5 heteroatoms. The van der Waals surface area contributed by atoms with Gasteiger partial charge in [0.1, 0.15) is 6.61 Å². The third-order valence-corrected chi connectivity index (χ3v) is 3.18. The van der Waals surface area contributed by atoms with Gasteiger partial charge in [0.05, 0.1) is 17.6 Å². The number of hydrogen-bond donors (Lipinski definition) is 1. The normalized spacial score (nSPS) is 13.1. The van der Waals surface area contributed by atoms with Crippen molar-refractivity contribution in [3.63, 3.8) is 0 Å². The van der Waals surface area contributed by atoms with Gasteiger partial charge in [0, 0.05) is 6.54 Å². The van der Waals surface area contributed by atoms with E-state index in [1.807, 2.05) is 35.0 Å². The molecule has 2 heterocycles. The predicted molar refractivity (Wildman–Crippen MR) is 70.8 cm³/mol. The Morgan fingerprint density at radius 3 is 3.05 bits per heavy atom. The van der Waals surface area contributed by atoms with Crippen molar-refractivity contribution in [2.24, 2.45) is 0 Å². The van der Waals surface area contributed by atoms with Gasteiger partial charge >= 0.3 is 6.09 Å². The van der Waals surface area contributed by atoms with E-state index in [0.29, 0.717) is 0 Å². The average Bonchev–Trinajstić information content (AvgIpc) is 3.03. The van der Waals surface area contributed by atoms with Crippen molar-refractivity contribution in [3.8, 4) is 0 Å². The molecule has 5 nitrogen and oxygen atoms in total. The molecule has 0 radical (unpaired) electrons. The second-order valence-electron chi connectivity index (χ2n) is 4.52. The zero-order valence-electron chi connectivity index (χ0n) is 10.5. The zero-order chi connectivity index (χ0) is 13.1. The summed E-state index contributed by atoms with van der Waals surface area (Å²) >= 11 is 0. The van der Waals surface area contributed by atoms with E-state index in [2.05, 4.69) is 10.4 Å². The number of hydrogen-bond acceptors (Lipinski definition) is 3. The second kappa shape index (κ2) is 5.14. The first-order chi connectivity index (χ1) is 9.33. The van der Waals surface area contributed by atoms with Crippen LogP contribution in [0.4, 0.5) is 10.5 Å². The number of nitrogens with zero attached hydrogens (tertiary/aromatic N) is 2. The SMILES string of the molecule is O=C(Nc1cnn2c1CCC2)OCc1ccccc1. The fourth-order valence-corrected chi connectivity index (χ4v) is 2.24. The number of benzene rings is 1. The van der Waals surface area contributed by atoms with E-state index in [1.165, 1.54) is 0 Å². The van der Waals surface area contributed by atoms with Gasteiger partial charge in [-0.3, -0.25) is 10.00 Å². The Morgan fingerprint density at radius 1 is 1.37 bits per heavy atom. The molecule has 0 fully saturated rings.